The van der Waals surface area contributed by atoms with Crippen LogP contribution in [0.5, 0.6) is 5.75 Å². The molecule has 3 rings (SSSR count). The number of imidazole rings is 1. The fourth-order valence-electron chi connectivity index (χ4n) is 2.40. The maximum absolute atomic E-state index is 12.1. The molecule has 1 aliphatic carbocycles. The monoisotopic (exact) mass is 343 g/mol. The fraction of sp³-hybridized carbons (Fsp3) is 0.474. The van der Waals surface area contributed by atoms with E-state index in [0.29, 0.717) is 31.1 Å². The third-order valence-corrected chi connectivity index (χ3v) is 4.21. The third-order valence-electron chi connectivity index (χ3n) is 4.21. The summed E-state index contributed by atoms with van der Waals surface area (Å²) in [6.45, 7) is 2.60. The highest BCUT2D eigenvalue weighted by Gasteiger charge is 2.20. The number of hydrogen-bond acceptors (Lipinski definition) is 4. The Morgan fingerprint density at radius 3 is 2.80 bits per heavy atom. The largest absolute Gasteiger partial charge is 0.486 e. The van der Waals surface area contributed by atoms with Gasteiger partial charge >= 0.3 is 0 Å². The van der Waals surface area contributed by atoms with Crippen LogP contribution in [0.4, 0.5) is 0 Å². The van der Waals surface area contributed by atoms with Crippen LogP contribution in [0.15, 0.2) is 36.7 Å². The predicted octanol–water partition coefficient (Wildman–Crippen LogP) is 2.55. The highest BCUT2D eigenvalue weighted by atomic mass is 16.5. The van der Waals surface area contributed by atoms with Gasteiger partial charge < -0.3 is 19.4 Å². The number of carbonyl (C=O) groups is 1. The molecule has 1 heterocycles. The van der Waals surface area contributed by atoms with Gasteiger partial charge in [0.1, 0.15) is 18.2 Å². The third kappa shape index (κ3) is 5.60. The second-order valence-corrected chi connectivity index (χ2v) is 6.40. The first-order valence-electron chi connectivity index (χ1n) is 8.77. The summed E-state index contributed by atoms with van der Waals surface area (Å²) < 4.78 is 13.1. The lowest BCUT2D eigenvalue weighted by molar-refractivity contribution is 0.0937. The Bertz CT molecular complexity index is 677. The molecule has 0 atom stereocenters. The molecule has 0 spiro atoms. The zero-order valence-corrected chi connectivity index (χ0v) is 14.6. The minimum Gasteiger partial charge on any atom is -0.486 e. The Labute approximate surface area is 148 Å². The molecule has 6 heteroatoms. The quantitative estimate of drug-likeness (QED) is 0.673. The van der Waals surface area contributed by atoms with E-state index in [2.05, 4.69) is 10.3 Å². The van der Waals surface area contributed by atoms with Crippen LogP contribution in [0, 0.1) is 5.92 Å². The molecule has 1 aromatic heterocycles. The lowest BCUT2D eigenvalue weighted by atomic mass is 10.2. The molecule has 1 aromatic carbocycles. The van der Waals surface area contributed by atoms with Crippen LogP contribution in [0.1, 0.15) is 35.4 Å². The highest BCUT2D eigenvalue weighted by Crippen LogP contribution is 2.28. The molecule has 0 radical (unpaired) electrons. The van der Waals surface area contributed by atoms with Gasteiger partial charge in [-0.05, 0) is 49.4 Å². The summed E-state index contributed by atoms with van der Waals surface area (Å²) in [5, 5.41) is 2.91. The van der Waals surface area contributed by atoms with E-state index >= 15 is 0 Å². The number of carbonyl (C=O) groups excluding carboxylic acids is 1. The van der Waals surface area contributed by atoms with Crippen molar-refractivity contribution in [2.45, 2.75) is 25.9 Å². The molecular weight excluding hydrogens is 318 g/mol. The zero-order valence-electron chi connectivity index (χ0n) is 14.6. The van der Waals surface area contributed by atoms with Crippen molar-refractivity contribution in [1.29, 1.82) is 0 Å². The van der Waals surface area contributed by atoms with Crippen molar-refractivity contribution in [2.75, 3.05) is 19.8 Å². The molecule has 0 bridgehead atoms. The molecule has 1 fully saturated rings. The summed E-state index contributed by atoms with van der Waals surface area (Å²) in [5.41, 5.74) is 0.628. The van der Waals surface area contributed by atoms with Gasteiger partial charge in [-0.2, -0.15) is 0 Å². The lowest BCUT2D eigenvalue weighted by Gasteiger charge is -2.08. The van der Waals surface area contributed by atoms with Crippen molar-refractivity contribution in [3.8, 4) is 5.75 Å². The lowest BCUT2D eigenvalue weighted by Crippen LogP contribution is -2.25. The van der Waals surface area contributed by atoms with E-state index < -0.39 is 0 Å². The van der Waals surface area contributed by atoms with Crippen molar-refractivity contribution < 1.29 is 14.3 Å². The first-order chi connectivity index (χ1) is 12.2. The van der Waals surface area contributed by atoms with E-state index in [1.807, 2.05) is 17.8 Å². The van der Waals surface area contributed by atoms with Crippen LogP contribution in [-0.4, -0.2) is 35.2 Å². The van der Waals surface area contributed by atoms with Gasteiger partial charge in [0.15, 0.2) is 0 Å². The molecule has 2 aromatic rings. The van der Waals surface area contributed by atoms with E-state index in [9.17, 15) is 4.79 Å². The number of nitrogens with zero attached hydrogens (tertiary/aromatic N) is 2. The second kappa shape index (κ2) is 8.67. The minimum absolute atomic E-state index is 0.0714. The van der Waals surface area contributed by atoms with Crippen LogP contribution < -0.4 is 10.1 Å². The molecule has 1 saturated carbocycles. The summed E-state index contributed by atoms with van der Waals surface area (Å²) in [4.78, 5) is 16.3. The SMILES string of the molecule is Cn1ccnc1COc1ccc(C(=O)NCCCOCC2CC2)cc1. The summed E-state index contributed by atoms with van der Waals surface area (Å²) in [6.07, 6.45) is 7.06. The first-order valence-corrected chi connectivity index (χ1v) is 8.77. The van der Waals surface area contributed by atoms with Gasteiger partial charge in [0.2, 0.25) is 0 Å². The molecule has 25 heavy (non-hydrogen) atoms. The fourth-order valence-corrected chi connectivity index (χ4v) is 2.40. The van der Waals surface area contributed by atoms with Gasteiger partial charge in [0, 0.05) is 44.8 Å². The Hall–Kier alpha value is -2.34. The average molecular weight is 343 g/mol. The number of nitrogens with one attached hydrogen (secondary N) is 1. The Kier molecular flexibility index (Phi) is 6.06. The number of amides is 1. The average Bonchev–Trinajstić information content (AvgIpc) is 3.37. The smallest absolute Gasteiger partial charge is 0.251 e. The molecule has 0 saturated heterocycles. The standard InChI is InChI=1S/C19H25N3O3/c1-22-11-10-20-18(22)14-25-17-7-5-16(6-8-17)19(23)21-9-2-12-24-13-15-3-4-15/h5-8,10-11,15H,2-4,9,12-14H2,1H3,(H,21,23). The van der Waals surface area contributed by atoms with Crippen LogP contribution in [-0.2, 0) is 18.4 Å². The van der Waals surface area contributed by atoms with E-state index in [4.69, 9.17) is 9.47 Å². The van der Waals surface area contributed by atoms with Crippen LogP contribution in [0.25, 0.3) is 0 Å². The van der Waals surface area contributed by atoms with Crippen molar-refractivity contribution in [1.82, 2.24) is 14.9 Å². The number of ether oxygens (including phenoxy) is 2. The molecule has 0 aliphatic heterocycles. The topological polar surface area (TPSA) is 65.4 Å². The predicted molar refractivity (Wildman–Crippen MR) is 94.5 cm³/mol. The van der Waals surface area contributed by atoms with Gasteiger partial charge in [0.05, 0.1) is 0 Å². The maximum atomic E-state index is 12.1. The Morgan fingerprint density at radius 2 is 2.12 bits per heavy atom. The maximum Gasteiger partial charge on any atom is 0.251 e. The molecule has 1 N–H and O–H groups in total. The van der Waals surface area contributed by atoms with Gasteiger partial charge in [-0.15, -0.1) is 0 Å². The summed E-state index contributed by atoms with van der Waals surface area (Å²) in [7, 11) is 1.93. The number of rotatable bonds is 10. The van der Waals surface area contributed by atoms with Crippen molar-refractivity contribution in [3.63, 3.8) is 0 Å². The zero-order chi connectivity index (χ0) is 17.5. The molecule has 134 valence electrons. The first kappa shape index (κ1) is 17.5. The highest BCUT2D eigenvalue weighted by molar-refractivity contribution is 5.94. The van der Waals surface area contributed by atoms with Crippen molar-refractivity contribution >= 4 is 5.91 Å². The van der Waals surface area contributed by atoms with E-state index in [0.717, 1.165) is 24.8 Å². The van der Waals surface area contributed by atoms with Crippen molar-refractivity contribution in [2.24, 2.45) is 13.0 Å². The molecule has 6 nitrogen and oxygen atoms in total. The van der Waals surface area contributed by atoms with Gasteiger partial charge in [-0.1, -0.05) is 0 Å². The van der Waals surface area contributed by atoms with Crippen LogP contribution in [0.3, 0.4) is 0 Å². The van der Waals surface area contributed by atoms with Crippen LogP contribution >= 0.6 is 0 Å². The summed E-state index contributed by atoms with van der Waals surface area (Å²) in [6, 6.07) is 7.15. The molecule has 1 amide bonds. The second-order valence-electron chi connectivity index (χ2n) is 6.40. The van der Waals surface area contributed by atoms with E-state index in [1.54, 1.807) is 30.5 Å². The Morgan fingerprint density at radius 1 is 1.32 bits per heavy atom. The summed E-state index contributed by atoms with van der Waals surface area (Å²) in [5.74, 6) is 2.28. The summed E-state index contributed by atoms with van der Waals surface area (Å²) >= 11 is 0. The normalized spacial score (nSPS) is 13.6. The van der Waals surface area contributed by atoms with Gasteiger partial charge in [0.25, 0.3) is 5.91 Å². The van der Waals surface area contributed by atoms with E-state index in [1.165, 1.54) is 12.8 Å². The number of hydrogen-bond donors (Lipinski definition) is 1. The van der Waals surface area contributed by atoms with E-state index in [-0.39, 0.29) is 5.91 Å². The van der Waals surface area contributed by atoms with Gasteiger partial charge in [-0.25, -0.2) is 4.98 Å². The number of aromatic nitrogens is 2. The minimum atomic E-state index is -0.0714. The van der Waals surface area contributed by atoms with Crippen LogP contribution in [0.2, 0.25) is 0 Å². The molecule has 1 aliphatic rings. The number of aryl methyl sites for hydroxylation is 1. The number of benzene rings is 1. The Balaban J connectivity index is 1.35. The van der Waals surface area contributed by atoms with Gasteiger partial charge in [-0.3, -0.25) is 4.79 Å². The molecular formula is C19H25N3O3. The molecule has 0 unspecified atom stereocenters. The van der Waals surface area contributed by atoms with Crippen molar-refractivity contribution in [3.05, 3.63) is 48.0 Å².